The van der Waals surface area contributed by atoms with Crippen LogP contribution in [0.25, 0.3) is 0 Å². The lowest BCUT2D eigenvalue weighted by atomic mass is 9.90. The smallest absolute Gasteiger partial charge is 0.336 e. The molecule has 1 heterocycles. The monoisotopic (exact) mass is 235 g/mol. The Hall–Kier alpha value is -1.71. The summed E-state index contributed by atoms with van der Waals surface area (Å²) in [4.78, 5) is 14.0. The van der Waals surface area contributed by atoms with Crippen LogP contribution in [0.1, 0.15) is 13.8 Å². The molecule has 0 bridgehead atoms. The SMILES string of the molecule is CCOC(=O)C1=C(C)N(C)[C@@H]2C=CC(O)=C[C@H]12. The largest absolute Gasteiger partial charge is 0.508 e. The maximum atomic E-state index is 11.9. The van der Waals surface area contributed by atoms with Crippen molar-refractivity contribution in [2.24, 2.45) is 5.92 Å². The van der Waals surface area contributed by atoms with Crippen LogP contribution in [-0.4, -0.2) is 35.7 Å². The Morgan fingerprint density at radius 3 is 2.94 bits per heavy atom. The van der Waals surface area contributed by atoms with E-state index in [-0.39, 0.29) is 23.7 Å². The number of rotatable bonds is 2. The highest BCUT2D eigenvalue weighted by atomic mass is 16.5. The van der Waals surface area contributed by atoms with Gasteiger partial charge in [0, 0.05) is 18.7 Å². The number of aliphatic hydroxyl groups is 1. The molecule has 0 fully saturated rings. The molecule has 0 spiro atoms. The van der Waals surface area contributed by atoms with Crippen molar-refractivity contribution < 1.29 is 14.6 Å². The second-order valence-electron chi connectivity index (χ2n) is 4.30. The average molecular weight is 235 g/mol. The van der Waals surface area contributed by atoms with Gasteiger partial charge in [-0.25, -0.2) is 4.79 Å². The lowest BCUT2D eigenvalue weighted by Crippen LogP contribution is -2.30. The van der Waals surface area contributed by atoms with Crippen molar-refractivity contribution in [2.75, 3.05) is 13.7 Å². The number of carbonyl (C=O) groups is 1. The molecule has 0 saturated heterocycles. The Balaban J connectivity index is 2.36. The van der Waals surface area contributed by atoms with Crippen molar-refractivity contribution in [2.45, 2.75) is 19.9 Å². The zero-order valence-electron chi connectivity index (χ0n) is 10.3. The third-order valence-electron chi connectivity index (χ3n) is 3.38. The molecule has 0 amide bonds. The Morgan fingerprint density at radius 1 is 1.59 bits per heavy atom. The Bertz CT molecular complexity index is 434. The average Bonchev–Trinajstić information content (AvgIpc) is 2.51. The molecule has 0 aromatic rings. The van der Waals surface area contributed by atoms with Crippen LogP contribution < -0.4 is 0 Å². The zero-order valence-corrected chi connectivity index (χ0v) is 10.3. The van der Waals surface area contributed by atoms with E-state index in [1.54, 1.807) is 19.1 Å². The highest BCUT2D eigenvalue weighted by Crippen LogP contribution is 2.37. The molecule has 0 aromatic carbocycles. The number of hydrogen-bond acceptors (Lipinski definition) is 4. The first-order valence-electron chi connectivity index (χ1n) is 5.76. The molecule has 2 rings (SSSR count). The third kappa shape index (κ3) is 1.84. The third-order valence-corrected chi connectivity index (χ3v) is 3.38. The fourth-order valence-corrected chi connectivity index (χ4v) is 2.43. The van der Waals surface area contributed by atoms with Gasteiger partial charge in [0.15, 0.2) is 0 Å². The van der Waals surface area contributed by atoms with Crippen LogP contribution in [-0.2, 0) is 9.53 Å². The van der Waals surface area contributed by atoms with E-state index in [0.717, 1.165) is 5.70 Å². The van der Waals surface area contributed by atoms with Crippen molar-refractivity contribution in [1.29, 1.82) is 0 Å². The van der Waals surface area contributed by atoms with Gasteiger partial charge in [0.25, 0.3) is 0 Å². The summed E-state index contributed by atoms with van der Waals surface area (Å²) < 4.78 is 5.07. The number of ether oxygens (including phenoxy) is 1. The second kappa shape index (κ2) is 4.28. The first-order chi connectivity index (χ1) is 8.06. The normalized spacial score (nSPS) is 27.0. The predicted molar refractivity (Wildman–Crippen MR) is 64.2 cm³/mol. The van der Waals surface area contributed by atoms with Crippen LogP contribution >= 0.6 is 0 Å². The standard InChI is InChI=1S/C13H17NO3/c1-4-17-13(16)12-8(2)14(3)11-6-5-9(15)7-10(11)12/h5-7,10-11,15H,4H2,1-3H3/t10-,11+/m0/s1. The molecule has 0 saturated carbocycles. The molecule has 17 heavy (non-hydrogen) atoms. The minimum Gasteiger partial charge on any atom is -0.508 e. The molecule has 4 heteroatoms. The number of esters is 1. The van der Waals surface area contributed by atoms with Crippen molar-refractivity contribution in [1.82, 2.24) is 4.90 Å². The van der Waals surface area contributed by atoms with Gasteiger partial charge in [-0.15, -0.1) is 0 Å². The van der Waals surface area contributed by atoms with Crippen LogP contribution in [0, 0.1) is 5.92 Å². The predicted octanol–water partition coefficient (Wildman–Crippen LogP) is 1.77. The molecular formula is C13H17NO3. The van der Waals surface area contributed by atoms with E-state index in [1.807, 2.05) is 24.9 Å². The van der Waals surface area contributed by atoms with Gasteiger partial charge in [-0.2, -0.15) is 0 Å². The molecule has 4 nitrogen and oxygen atoms in total. The summed E-state index contributed by atoms with van der Waals surface area (Å²) in [6, 6.07) is 0.102. The van der Waals surface area contributed by atoms with Crippen molar-refractivity contribution in [3.8, 4) is 0 Å². The van der Waals surface area contributed by atoms with E-state index in [1.165, 1.54) is 0 Å². The number of likely N-dealkylation sites (N-methyl/N-ethyl adjacent to an activating group) is 1. The number of carbonyl (C=O) groups excluding carboxylic acids is 1. The van der Waals surface area contributed by atoms with Gasteiger partial charge in [-0.3, -0.25) is 0 Å². The molecule has 1 N–H and O–H groups in total. The summed E-state index contributed by atoms with van der Waals surface area (Å²) in [5.74, 6) is -0.191. The number of nitrogens with zero attached hydrogens (tertiary/aromatic N) is 1. The van der Waals surface area contributed by atoms with Crippen LogP contribution in [0.3, 0.4) is 0 Å². The van der Waals surface area contributed by atoms with Gasteiger partial charge < -0.3 is 14.7 Å². The topological polar surface area (TPSA) is 49.8 Å². The fraction of sp³-hybridized carbons (Fsp3) is 0.462. The molecule has 1 aliphatic heterocycles. The Labute approximate surface area is 101 Å². The van der Waals surface area contributed by atoms with Crippen LogP contribution in [0.15, 0.2) is 35.3 Å². The van der Waals surface area contributed by atoms with Crippen molar-refractivity contribution in [3.05, 3.63) is 35.3 Å². The van der Waals surface area contributed by atoms with E-state index >= 15 is 0 Å². The second-order valence-corrected chi connectivity index (χ2v) is 4.30. The van der Waals surface area contributed by atoms with Crippen LogP contribution in [0.5, 0.6) is 0 Å². The highest BCUT2D eigenvalue weighted by molar-refractivity contribution is 5.91. The summed E-state index contributed by atoms with van der Waals surface area (Å²) >= 11 is 0. The minimum absolute atomic E-state index is 0.102. The molecule has 0 unspecified atom stereocenters. The van der Waals surface area contributed by atoms with Gasteiger partial charge >= 0.3 is 5.97 Å². The van der Waals surface area contributed by atoms with E-state index < -0.39 is 0 Å². The molecule has 0 aromatic heterocycles. The molecule has 1 aliphatic carbocycles. The van der Waals surface area contributed by atoms with Gasteiger partial charge in [0.05, 0.1) is 18.2 Å². The number of aliphatic hydroxyl groups excluding tert-OH is 1. The number of hydrogen-bond donors (Lipinski definition) is 1. The summed E-state index contributed by atoms with van der Waals surface area (Å²) in [5.41, 5.74) is 1.56. The summed E-state index contributed by atoms with van der Waals surface area (Å²) in [6.07, 6.45) is 5.29. The van der Waals surface area contributed by atoms with Gasteiger partial charge in [0.2, 0.25) is 0 Å². The maximum absolute atomic E-state index is 11.9. The van der Waals surface area contributed by atoms with Crippen molar-refractivity contribution >= 4 is 5.97 Å². The number of allylic oxidation sites excluding steroid dienone is 2. The summed E-state index contributed by atoms with van der Waals surface area (Å²) in [5, 5.41) is 9.54. The fourth-order valence-electron chi connectivity index (χ4n) is 2.43. The first-order valence-corrected chi connectivity index (χ1v) is 5.76. The lowest BCUT2D eigenvalue weighted by Gasteiger charge is -2.25. The molecule has 0 radical (unpaired) electrons. The van der Waals surface area contributed by atoms with Gasteiger partial charge in [-0.05, 0) is 26.0 Å². The Morgan fingerprint density at radius 2 is 2.29 bits per heavy atom. The summed E-state index contributed by atoms with van der Waals surface area (Å²) in [6.45, 7) is 4.06. The van der Waals surface area contributed by atoms with Crippen LogP contribution in [0.4, 0.5) is 0 Å². The minimum atomic E-state index is -0.288. The highest BCUT2D eigenvalue weighted by Gasteiger charge is 2.39. The van der Waals surface area contributed by atoms with Crippen LogP contribution in [0.2, 0.25) is 0 Å². The first kappa shape index (κ1) is 11.8. The van der Waals surface area contributed by atoms with Crippen molar-refractivity contribution in [3.63, 3.8) is 0 Å². The van der Waals surface area contributed by atoms with Gasteiger partial charge in [0.1, 0.15) is 5.76 Å². The summed E-state index contributed by atoms with van der Waals surface area (Å²) in [7, 11) is 1.94. The lowest BCUT2D eigenvalue weighted by molar-refractivity contribution is -0.138. The Kier molecular flexibility index (Phi) is 2.96. The number of fused-ring (bicyclic) bond motifs is 1. The van der Waals surface area contributed by atoms with E-state index in [4.69, 9.17) is 4.74 Å². The van der Waals surface area contributed by atoms with E-state index in [0.29, 0.717) is 12.2 Å². The molecular weight excluding hydrogens is 218 g/mol. The molecule has 2 atom stereocenters. The van der Waals surface area contributed by atoms with Gasteiger partial charge in [-0.1, -0.05) is 6.08 Å². The quantitative estimate of drug-likeness (QED) is 0.741. The van der Waals surface area contributed by atoms with E-state index in [9.17, 15) is 9.90 Å². The zero-order chi connectivity index (χ0) is 12.6. The molecule has 2 aliphatic rings. The van der Waals surface area contributed by atoms with E-state index in [2.05, 4.69) is 0 Å². The maximum Gasteiger partial charge on any atom is 0.336 e. The molecule has 92 valence electrons.